The molecular formula is C25H29BrN2O3. The normalized spacial score (nSPS) is 11.0. The maximum absolute atomic E-state index is 12.6. The fourth-order valence-electron chi connectivity index (χ4n) is 3.01. The molecule has 0 heterocycles. The Morgan fingerprint density at radius 1 is 1.16 bits per heavy atom. The highest BCUT2D eigenvalue weighted by molar-refractivity contribution is 9.10. The fraction of sp³-hybridized carbons (Fsp3) is 0.360. The number of halogens is 1. The summed E-state index contributed by atoms with van der Waals surface area (Å²) < 4.78 is 12.4. The largest absolute Gasteiger partial charge is 0.490 e. The van der Waals surface area contributed by atoms with E-state index in [-0.39, 0.29) is 5.57 Å². The lowest BCUT2D eigenvalue weighted by Gasteiger charge is -2.15. The van der Waals surface area contributed by atoms with Crippen molar-refractivity contribution < 1.29 is 14.3 Å². The topological polar surface area (TPSA) is 71.3 Å². The summed E-state index contributed by atoms with van der Waals surface area (Å²) in [6, 6.07) is 13.0. The van der Waals surface area contributed by atoms with Gasteiger partial charge in [-0.2, -0.15) is 5.26 Å². The first-order valence-electron chi connectivity index (χ1n) is 10.6. The van der Waals surface area contributed by atoms with Crippen molar-refractivity contribution in [1.29, 1.82) is 5.26 Å². The van der Waals surface area contributed by atoms with Crippen molar-refractivity contribution in [2.24, 2.45) is 0 Å². The van der Waals surface area contributed by atoms with E-state index in [0.717, 1.165) is 22.9 Å². The molecule has 0 saturated carbocycles. The van der Waals surface area contributed by atoms with Gasteiger partial charge in [0, 0.05) is 5.69 Å². The highest BCUT2D eigenvalue weighted by Gasteiger charge is 2.14. The van der Waals surface area contributed by atoms with E-state index in [2.05, 4.69) is 28.2 Å². The second-order valence-electron chi connectivity index (χ2n) is 7.17. The van der Waals surface area contributed by atoms with Crippen LogP contribution in [0.15, 0.2) is 46.4 Å². The molecule has 0 saturated heterocycles. The summed E-state index contributed by atoms with van der Waals surface area (Å²) in [5, 5.41) is 12.3. The number of hydrogen-bond acceptors (Lipinski definition) is 4. The lowest BCUT2D eigenvalue weighted by molar-refractivity contribution is -0.112. The summed E-state index contributed by atoms with van der Waals surface area (Å²) in [4.78, 5) is 12.6. The number of benzene rings is 2. The van der Waals surface area contributed by atoms with Crippen LogP contribution >= 0.6 is 15.9 Å². The predicted octanol–water partition coefficient (Wildman–Crippen LogP) is 6.66. The second kappa shape index (κ2) is 12.8. The zero-order valence-electron chi connectivity index (χ0n) is 18.3. The summed E-state index contributed by atoms with van der Waals surface area (Å²) in [5.41, 5.74) is 2.35. The number of nitriles is 1. The number of rotatable bonds is 11. The molecule has 0 aromatic heterocycles. The van der Waals surface area contributed by atoms with E-state index in [1.165, 1.54) is 12.8 Å². The van der Waals surface area contributed by atoms with E-state index in [9.17, 15) is 10.1 Å². The molecule has 0 radical (unpaired) electrons. The summed E-state index contributed by atoms with van der Waals surface area (Å²) in [5.74, 6) is 0.756. The second-order valence-corrected chi connectivity index (χ2v) is 8.02. The quantitative estimate of drug-likeness (QED) is 0.220. The standard InChI is InChI=1S/C25H29BrN2O3/c1-4-6-7-8-12-31-24-22(26)15-19(16-23(24)30-5-2)14-20(17-27)25(29)28-21-11-9-10-18(3)13-21/h9-11,13-16H,4-8,12H2,1-3H3,(H,28,29). The van der Waals surface area contributed by atoms with Crippen molar-refractivity contribution >= 4 is 33.6 Å². The number of aryl methyl sites for hydroxylation is 1. The smallest absolute Gasteiger partial charge is 0.266 e. The van der Waals surface area contributed by atoms with Gasteiger partial charge in [0.1, 0.15) is 11.6 Å². The number of carbonyl (C=O) groups excluding carboxylic acids is 1. The van der Waals surface area contributed by atoms with Gasteiger partial charge in [-0.15, -0.1) is 0 Å². The van der Waals surface area contributed by atoms with Gasteiger partial charge in [0.25, 0.3) is 5.91 Å². The van der Waals surface area contributed by atoms with Crippen LogP contribution in [0.4, 0.5) is 5.69 Å². The number of anilines is 1. The van der Waals surface area contributed by atoms with Gasteiger partial charge in [-0.25, -0.2) is 0 Å². The Labute approximate surface area is 193 Å². The average Bonchev–Trinajstić information content (AvgIpc) is 2.73. The molecule has 2 rings (SSSR count). The number of ether oxygens (including phenoxy) is 2. The van der Waals surface area contributed by atoms with Crippen LogP contribution in [-0.2, 0) is 4.79 Å². The van der Waals surface area contributed by atoms with Gasteiger partial charge in [-0.1, -0.05) is 38.3 Å². The highest BCUT2D eigenvalue weighted by Crippen LogP contribution is 2.37. The van der Waals surface area contributed by atoms with Crippen LogP contribution in [0.2, 0.25) is 0 Å². The number of unbranched alkanes of at least 4 members (excludes halogenated alkanes) is 3. The van der Waals surface area contributed by atoms with Crippen LogP contribution in [0.25, 0.3) is 6.08 Å². The Bertz CT molecular complexity index is 964. The first-order valence-corrected chi connectivity index (χ1v) is 11.4. The van der Waals surface area contributed by atoms with Crippen LogP contribution in [0.5, 0.6) is 11.5 Å². The van der Waals surface area contributed by atoms with Crippen molar-refractivity contribution in [3.8, 4) is 17.6 Å². The lowest BCUT2D eigenvalue weighted by Crippen LogP contribution is -2.13. The first-order chi connectivity index (χ1) is 15.0. The maximum atomic E-state index is 12.6. The zero-order valence-corrected chi connectivity index (χ0v) is 19.9. The van der Waals surface area contributed by atoms with Crippen molar-refractivity contribution in [2.45, 2.75) is 46.5 Å². The summed E-state index contributed by atoms with van der Waals surface area (Å²) >= 11 is 3.54. The Morgan fingerprint density at radius 2 is 1.97 bits per heavy atom. The van der Waals surface area contributed by atoms with Crippen LogP contribution in [0.1, 0.15) is 50.7 Å². The molecule has 2 aromatic carbocycles. The SMILES string of the molecule is CCCCCCOc1c(Br)cc(C=C(C#N)C(=O)Nc2cccc(C)c2)cc1OCC. The minimum Gasteiger partial charge on any atom is -0.490 e. The third-order valence-electron chi connectivity index (χ3n) is 4.53. The summed E-state index contributed by atoms with van der Waals surface area (Å²) in [7, 11) is 0. The Morgan fingerprint density at radius 3 is 2.65 bits per heavy atom. The van der Waals surface area contributed by atoms with Crippen molar-refractivity contribution in [3.05, 3.63) is 57.6 Å². The van der Waals surface area contributed by atoms with Crippen LogP contribution in [0.3, 0.4) is 0 Å². The third kappa shape index (κ3) is 7.76. The molecular weight excluding hydrogens is 456 g/mol. The number of amides is 1. The predicted molar refractivity (Wildman–Crippen MR) is 128 cm³/mol. The molecule has 2 aromatic rings. The van der Waals surface area contributed by atoms with Gasteiger partial charge in [0.05, 0.1) is 17.7 Å². The molecule has 0 unspecified atom stereocenters. The molecule has 0 atom stereocenters. The molecule has 0 aliphatic heterocycles. The van der Waals surface area contributed by atoms with Crippen LogP contribution in [0, 0.1) is 18.3 Å². The van der Waals surface area contributed by atoms with E-state index in [0.29, 0.717) is 36.0 Å². The van der Waals surface area contributed by atoms with Crippen LogP contribution < -0.4 is 14.8 Å². The fourth-order valence-corrected chi connectivity index (χ4v) is 3.59. The van der Waals surface area contributed by atoms with Gasteiger partial charge in [-0.3, -0.25) is 4.79 Å². The van der Waals surface area contributed by atoms with Gasteiger partial charge in [-0.05, 0) is 77.7 Å². The summed E-state index contributed by atoms with van der Waals surface area (Å²) in [6.07, 6.45) is 6.01. The molecule has 1 N–H and O–H groups in total. The minimum atomic E-state index is -0.460. The van der Waals surface area contributed by atoms with Gasteiger partial charge in [0.15, 0.2) is 11.5 Å². The Kier molecular flexibility index (Phi) is 10.1. The van der Waals surface area contributed by atoms with Gasteiger partial charge < -0.3 is 14.8 Å². The van der Waals surface area contributed by atoms with E-state index < -0.39 is 5.91 Å². The number of nitrogens with one attached hydrogen (secondary N) is 1. The average molecular weight is 485 g/mol. The molecule has 0 aliphatic rings. The first kappa shape index (κ1) is 24.5. The molecule has 0 bridgehead atoms. The van der Waals surface area contributed by atoms with Gasteiger partial charge >= 0.3 is 0 Å². The van der Waals surface area contributed by atoms with Crippen molar-refractivity contribution in [3.63, 3.8) is 0 Å². The maximum Gasteiger partial charge on any atom is 0.266 e. The van der Waals surface area contributed by atoms with Crippen molar-refractivity contribution in [1.82, 2.24) is 0 Å². The molecule has 5 nitrogen and oxygen atoms in total. The highest BCUT2D eigenvalue weighted by atomic mass is 79.9. The third-order valence-corrected chi connectivity index (χ3v) is 5.12. The number of nitrogens with zero attached hydrogens (tertiary/aromatic N) is 1. The Hall–Kier alpha value is -2.78. The molecule has 1 amide bonds. The summed E-state index contributed by atoms with van der Waals surface area (Å²) in [6.45, 7) is 7.10. The number of carbonyl (C=O) groups is 1. The van der Waals surface area contributed by atoms with E-state index in [1.807, 2.05) is 44.2 Å². The monoisotopic (exact) mass is 484 g/mol. The molecule has 164 valence electrons. The van der Waals surface area contributed by atoms with E-state index >= 15 is 0 Å². The molecule has 0 fully saturated rings. The van der Waals surface area contributed by atoms with Crippen molar-refractivity contribution in [2.75, 3.05) is 18.5 Å². The lowest BCUT2D eigenvalue weighted by atomic mass is 10.1. The van der Waals surface area contributed by atoms with Crippen LogP contribution in [-0.4, -0.2) is 19.1 Å². The number of hydrogen-bond donors (Lipinski definition) is 1. The van der Waals surface area contributed by atoms with E-state index in [1.54, 1.807) is 18.2 Å². The Balaban J connectivity index is 2.21. The molecule has 31 heavy (non-hydrogen) atoms. The minimum absolute atomic E-state index is 0.00379. The zero-order chi connectivity index (χ0) is 22.6. The molecule has 0 spiro atoms. The molecule has 6 heteroatoms. The van der Waals surface area contributed by atoms with E-state index in [4.69, 9.17) is 9.47 Å². The van der Waals surface area contributed by atoms with Gasteiger partial charge in [0.2, 0.25) is 0 Å². The molecule has 0 aliphatic carbocycles.